The number of para-hydroxylation sites is 1. The summed E-state index contributed by atoms with van der Waals surface area (Å²) in [5, 5.41) is 1.09. The van der Waals surface area contributed by atoms with Gasteiger partial charge in [-0.25, -0.2) is 0 Å². The number of fused-ring (bicyclic) bond motifs is 1. The molecular formula is C23H26N2O2. The number of aryl methyl sites for hydroxylation is 3. The van der Waals surface area contributed by atoms with Crippen LogP contribution in [0.25, 0.3) is 27.7 Å². The Bertz CT molecular complexity index is 999. The zero-order chi connectivity index (χ0) is 19.6. The first kappa shape index (κ1) is 18.9. The minimum absolute atomic E-state index is 0.874. The number of hydroxylamine groups is 1. The van der Waals surface area contributed by atoms with Crippen LogP contribution in [0.1, 0.15) is 29.3 Å². The Hall–Kier alpha value is -2.85. The van der Waals surface area contributed by atoms with Crippen LogP contribution < -0.4 is 10.2 Å². The van der Waals surface area contributed by atoms with Crippen molar-refractivity contribution in [2.75, 3.05) is 14.2 Å². The summed E-state index contributed by atoms with van der Waals surface area (Å²) >= 11 is 0. The number of nitrogens with zero attached hydrogens (tertiary/aromatic N) is 1. The summed E-state index contributed by atoms with van der Waals surface area (Å²) in [6.07, 6.45) is 2.01. The number of hydrogen-bond acceptors (Lipinski definition) is 4. The summed E-state index contributed by atoms with van der Waals surface area (Å²) in [6.45, 7) is 8.24. The number of hydrogen-bond donors (Lipinski definition) is 1. The smallest absolute Gasteiger partial charge is 0.119 e. The van der Waals surface area contributed by atoms with Crippen molar-refractivity contribution in [1.29, 1.82) is 0 Å². The van der Waals surface area contributed by atoms with Crippen molar-refractivity contribution in [3.8, 4) is 16.9 Å². The second kappa shape index (κ2) is 7.80. The monoisotopic (exact) mass is 362 g/mol. The van der Waals surface area contributed by atoms with Gasteiger partial charge in [0.2, 0.25) is 0 Å². The molecule has 4 heteroatoms. The molecule has 140 valence electrons. The van der Waals surface area contributed by atoms with E-state index in [9.17, 15) is 0 Å². The molecule has 0 amide bonds. The average molecular weight is 362 g/mol. The maximum Gasteiger partial charge on any atom is 0.119 e. The van der Waals surface area contributed by atoms with Gasteiger partial charge in [-0.3, -0.25) is 15.3 Å². The van der Waals surface area contributed by atoms with Crippen molar-refractivity contribution in [3.05, 3.63) is 64.9 Å². The molecule has 0 radical (unpaired) electrons. The molecule has 0 saturated carbocycles. The van der Waals surface area contributed by atoms with Gasteiger partial charge < -0.3 is 4.74 Å². The first-order valence-electron chi connectivity index (χ1n) is 9.01. The minimum atomic E-state index is 0.874. The molecule has 1 N–H and O–H groups in total. The largest absolute Gasteiger partial charge is 0.497 e. The third-order valence-electron chi connectivity index (χ3n) is 4.77. The molecule has 0 unspecified atom stereocenters. The SMILES string of the molecule is CC=C(NOC)c1cc(C)nc2c(-c3c(C)cc(OC)cc3C)cccc12. The normalized spacial score (nSPS) is 11.7. The number of pyridine rings is 1. The molecule has 0 saturated heterocycles. The number of nitrogens with one attached hydrogen (secondary N) is 1. The van der Waals surface area contributed by atoms with Crippen LogP contribution in [0.2, 0.25) is 0 Å². The van der Waals surface area contributed by atoms with Gasteiger partial charge >= 0.3 is 0 Å². The number of methoxy groups -OCH3 is 1. The van der Waals surface area contributed by atoms with Gasteiger partial charge in [-0.15, -0.1) is 0 Å². The van der Waals surface area contributed by atoms with Gasteiger partial charge in [0, 0.05) is 22.2 Å². The standard InChI is InChI=1S/C23H26N2O2/c1-7-21(25-27-6)20-13-16(4)24-23-18(20)9-8-10-19(23)22-14(2)11-17(26-5)12-15(22)3/h7-13,25H,1-6H3. The fourth-order valence-corrected chi connectivity index (χ4v) is 3.65. The summed E-state index contributed by atoms with van der Waals surface area (Å²) in [5.74, 6) is 0.874. The van der Waals surface area contributed by atoms with E-state index in [0.29, 0.717) is 0 Å². The summed E-state index contributed by atoms with van der Waals surface area (Å²) in [4.78, 5) is 10.1. The topological polar surface area (TPSA) is 43.4 Å². The lowest BCUT2D eigenvalue weighted by Gasteiger charge is -2.17. The highest BCUT2D eigenvalue weighted by molar-refractivity contribution is 6.00. The van der Waals surface area contributed by atoms with Crippen molar-refractivity contribution in [2.45, 2.75) is 27.7 Å². The molecule has 2 aromatic carbocycles. The van der Waals surface area contributed by atoms with E-state index in [0.717, 1.165) is 39.2 Å². The Labute approximate surface area is 160 Å². The van der Waals surface area contributed by atoms with E-state index in [2.05, 4.69) is 55.7 Å². The van der Waals surface area contributed by atoms with E-state index >= 15 is 0 Å². The molecule has 0 aliphatic heterocycles. The molecule has 4 nitrogen and oxygen atoms in total. The molecule has 0 aliphatic rings. The molecule has 1 heterocycles. The van der Waals surface area contributed by atoms with Crippen LogP contribution in [-0.2, 0) is 4.84 Å². The zero-order valence-electron chi connectivity index (χ0n) is 16.8. The summed E-state index contributed by atoms with van der Waals surface area (Å²) in [5.41, 5.74) is 11.6. The molecule has 27 heavy (non-hydrogen) atoms. The fraction of sp³-hybridized carbons (Fsp3) is 0.261. The van der Waals surface area contributed by atoms with Crippen molar-refractivity contribution >= 4 is 16.6 Å². The quantitative estimate of drug-likeness (QED) is 0.622. The van der Waals surface area contributed by atoms with Crippen LogP contribution in [0.4, 0.5) is 0 Å². The Morgan fingerprint density at radius 3 is 2.33 bits per heavy atom. The number of benzene rings is 2. The second-order valence-corrected chi connectivity index (χ2v) is 6.66. The van der Waals surface area contributed by atoms with Gasteiger partial charge in [0.25, 0.3) is 0 Å². The lowest BCUT2D eigenvalue weighted by molar-refractivity contribution is 0.136. The van der Waals surface area contributed by atoms with Crippen molar-refractivity contribution in [3.63, 3.8) is 0 Å². The maximum absolute atomic E-state index is 5.42. The van der Waals surface area contributed by atoms with Crippen LogP contribution in [-0.4, -0.2) is 19.2 Å². The Morgan fingerprint density at radius 1 is 1.04 bits per heavy atom. The van der Waals surface area contributed by atoms with Crippen LogP contribution >= 0.6 is 0 Å². The minimum Gasteiger partial charge on any atom is -0.497 e. The van der Waals surface area contributed by atoms with E-state index in [-0.39, 0.29) is 0 Å². The first-order chi connectivity index (χ1) is 13.0. The highest BCUT2D eigenvalue weighted by Gasteiger charge is 2.15. The maximum atomic E-state index is 5.42. The number of aromatic nitrogens is 1. The summed E-state index contributed by atoms with van der Waals surface area (Å²) in [6, 6.07) is 12.6. The Kier molecular flexibility index (Phi) is 5.47. The average Bonchev–Trinajstić information content (AvgIpc) is 2.65. The zero-order valence-corrected chi connectivity index (χ0v) is 16.8. The van der Waals surface area contributed by atoms with Crippen LogP contribution in [0, 0.1) is 20.8 Å². The predicted molar refractivity (Wildman–Crippen MR) is 112 cm³/mol. The van der Waals surface area contributed by atoms with E-state index in [1.165, 1.54) is 16.7 Å². The summed E-state index contributed by atoms with van der Waals surface area (Å²) < 4.78 is 5.42. The van der Waals surface area contributed by atoms with Gasteiger partial charge in [0.05, 0.1) is 25.4 Å². The van der Waals surface area contributed by atoms with Crippen LogP contribution in [0.15, 0.2) is 42.5 Å². The molecular weight excluding hydrogens is 336 g/mol. The molecule has 1 aromatic heterocycles. The highest BCUT2D eigenvalue weighted by atomic mass is 16.6. The lowest BCUT2D eigenvalue weighted by atomic mass is 9.92. The number of allylic oxidation sites excluding steroid dienone is 1. The van der Waals surface area contributed by atoms with Crippen molar-refractivity contribution in [2.24, 2.45) is 0 Å². The Balaban J connectivity index is 2.33. The molecule has 3 rings (SSSR count). The third kappa shape index (κ3) is 3.53. The van der Waals surface area contributed by atoms with Gasteiger partial charge in [0.1, 0.15) is 5.75 Å². The van der Waals surface area contributed by atoms with Crippen LogP contribution in [0.3, 0.4) is 0 Å². The molecule has 0 bridgehead atoms. The molecule has 0 atom stereocenters. The van der Waals surface area contributed by atoms with E-state index in [1.54, 1.807) is 14.2 Å². The molecule has 3 aromatic rings. The van der Waals surface area contributed by atoms with E-state index in [4.69, 9.17) is 14.6 Å². The van der Waals surface area contributed by atoms with Gasteiger partial charge in [-0.05, 0) is 62.6 Å². The van der Waals surface area contributed by atoms with Gasteiger partial charge in [-0.1, -0.05) is 24.3 Å². The molecule has 0 aliphatic carbocycles. The van der Waals surface area contributed by atoms with E-state index < -0.39 is 0 Å². The fourth-order valence-electron chi connectivity index (χ4n) is 3.65. The Morgan fingerprint density at radius 2 is 1.74 bits per heavy atom. The first-order valence-corrected chi connectivity index (χ1v) is 9.01. The van der Waals surface area contributed by atoms with Crippen molar-refractivity contribution < 1.29 is 9.57 Å². The second-order valence-electron chi connectivity index (χ2n) is 6.66. The third-order valence-corrected chi connectivity index (χ3v) is 4.77. The van der Waals surface area contributed by atoms with Crippen LogP contribution in [0.5, 0.6) is 5.75 Å². The van der Waals surface area contributed by atoms with Gasteiger partial charge in [-0.2, -0.15) is 0 Å². The molecule has 0 spiro atoms. The van der Waals surface area contributed by atoms with E-state index in [1.807, 2.05) is 19.9 Å². The van der Waals surface area contributed by atoms with Gasteiger partial charge in [0.15, 0.2) is 0 Å². The number of ether oxygens (including phenoxy) is 1. The number of rotatable bonds is 5. The molecule has 0 fully saturated rings. The lowest BCUT2D eigenvalue weighted by Crippen LogP contribution is -2.10. The highest BCUT2D eigenvalue weighted by Crippen LogP contribution is 2.36. The summed E-state index contributed by atoms with van der Waals surface area (Å²) in [7, 11) is 3.32. The van der Waals surface area contributed by atoms with Crippen molar-refractivity contribution in [1.82, 2.24) is 10.5 Å². The predicted octanol–water partition coefficient (Wildman–Crippen LogP) is 5.35.